The van der Waals surface area contributed by atoms with Crippen LogP contribution in [0.5, 0.6) is 0 Å². The van der Waals surface area contributed by atoms with Gasteiger partial charge in [0.05, 0.1) is 0 Å². The monoisotopic (exact) mass is 180 g/mol. The molecule has 0 heterocycles. The summed E-state index contributed by atoms with van der Waals surface area (Å²) >= 11 is 0. The van der Waals surface area contributed by atoms with E-state index < -0.39 is 5.60 Å². The smallest absolute Gasteiger partial charge is 0.125 e. The molecule has 1 fully saturated rings. The quantitative estimate of drug-likeness (QED) is 0.568. The highest BCUT2D eigenvalue weighted by Crippen LogP contribution is 2.24. The molecule has 0 aromatic carbocycles. The van der Waals surface area contributed by atoms with Crippen molar-refractivity contribution < 1.29 is 5.11 Å². The van der Waals surface area contributed by atoms with Crippen molar-refractivity contribution in [2.24, 2.45) is 0 Å². The molecule has 1 aliphatic rings. The molecule has 0 aromatic heterocycles. The zero-order chi connectivity index (χ0) is 9.57. The zero-order valence-electron chi connectivity index (χ0n) is 8.39. The van der Waals surface area contributed by atoms with Gasteiger partial charge in [-0.15, -0.1) is 6.42 Å². The molecule has 74 valence electrons. The van der Waals surface area contributed by atoms with Crippen molar-refractivity contribution in [2.75, 3.05) is 0 Å². The minimum atomic E-state index is -0.794. The van der Waals surface area contributed by atoms with Crippen LogP contribution in [0.2, 0.25) is 0 Å². The number of aliphatic hydroxyl groups is 1. The van der Waals surface area contributed by atoms with Crippen molar-refractivity contribution in [1.29, 1.82) is 0 Å². The van der Waals surface area contributed by atoms with Gasteiger partial charge in [0.15, 0.2) is 0 Å². The third kappa shape index (κ3) is 3.83. The van der Waals surface area contributed by atoms with Crippen LogP contribution in [-0.2, 0) is 0 Å². The second-order valence-electron chi connectivity index (χ2n) is 4.15. The minimum absolute atomic E-state index is 0.794. The fraction of sp³-hybridized carbons (Fsp3) is 0.833. The van der Waals surface area contributed by atoms with Crippen molar-refractivity contribution in [2.45, 2.75) is 63.4 Å². The van der Waals surface area contributed by atoms with E-state index in [2.05, 4.69) is 5.92 Å². The molecule has 0 radical (unpaired) electrons. The zero-order valence-corrected chi connectivity index (χ0v) is 8.39. The Labute approximate surface area is 81.5 Å². The van der Waals surface area contributed by atoms with E-state index >= 15 is 0 Å². The summed E-state index contributed by atoms with van der Waals surface area (Å²) < 4.78 is 0. The molecule has 0 amide bonds. The van der Waals surface area contributed by atoms with Crippen molar-refractivity contribution in [3.8, 4) is 12.3 Å². The molecular weight excluding hydrogens is 160 g/mol. The summed E-state index contributed by atoms with van der Waals surface area (Å²) in [4.78, 5) is 0. The van der Waals surface area contributed by atoms with Gasteiger partial charge in [-0.3, -0.25) is 0 Å². The normalized spacial score (nSPS) is 24.6. The van der Waals surface area contributed by atoms with Gasteiger partial charge in [0, 0.05) is 0 Å². The van der Waals surface area contributed by atoms with Crippen molar-refractivity contribution in [3.63, 3.8) is 0 Å². The second-order valence-corrected chi connectivity index (χ2v) is 4.15. The molecule has 1 saturated carbocycles. The molecule has 1 nitrogen and oxygen atoms in total. The number of terminal acetylenes is 1. The van der Waals surface area contributed by atoms with Crippen LogP contribution in [0.15, 0.2) is 0 Å². The van der Waals surface area contributed by atoms with E-state index in [1.54, 1.807) is 0 Å². The first-order valence-electron chi connectivity index (χ1n) is 5.47. The van der Waals surface area contributed by atoms with Gasteiger partial charge in [-0.1, -0.05) is 38.0 Å². The first-order valence-corrected chi connectivity index (χ1v) is 5.47. The highest BCUT2D eigenvalue weighted by Gasteiger charge is 2.22. The van der Waals surface area contributed by atoms with Gasteiger partial charge in [0.2, 0.25) is 0 Å². The second kappa shape index (κ2) is 5.29. The average Bonchev–Trinajstić information content (AvgIpc) is 2.16. The van der Waals surface area contributed by atoms with Crippen LogP contribution in [0.1, 0.15) is 57.8 Å². The summed E-state index contributed by atoms with van der Waals surface area (Å²) in [5.74, 6) is 2.55. The Kier molecular flexibility index (Phi) is 4.32. The Balaban J connectivity index is 2.40. The SMILES string of the molecule is C#CC1(O)CCCCCCCCC1. The highest BCUT2D eigenvalue weighted by molar-refractivity contribution is 5.06. The van der Waals surface area contributed by atoms with Gasteiger partial charge >= 0.3 is 0 Å². The molecule has 1 heteroatoms. The van der Waals surface area contributed by atoms with Gasteiger partial charge in [-0.25, -0.2) is 0 Å². The highest BCUT2D eigenvalue weighted by atomic mass is 16.3. The van der Waals surface area contributed by atoms with Crippen LogP contribution in [0.25, 0.3) is 0 Å². The Morgan fingerprint density at radius 2 is 1.23 bits per heavy atom. The Morgan fingerprint density at radius 1 is 0.846 bits per heavy atom. The van der Waals surface area contributed by atoms with Gasteiger partial charge in [-0.2, -0.15) is 0 Å². The van der Waals surface area contributed by atoms with E-state index in [1.165, 1.54) is 32.1 Å². The van der Waals surface area contributed by atoms with Gasteiger partial charge < -0.3 is 5.11 Å². The third-order valence-electron chi connectivity index (χ3n) is 2.95. The van der Waals surface area contributed by atoms with Crippen molar-refractivity contribution in [3.05, 3.63) is 0 Å². The Morgan fingerprint density at radius 3 is 1.62 bits per heavy atom. The lowest BCUT2D eigenvalue weighted by molar-refractivity contribution is 0.0751. The average molecular weight is 180 g/mol. The molecule has 0 atom stereocenters. The topological polar surface area (TPSA) is 20.2 Å². The minimum Gasteiger partial charge on any atom is -0.378 e. The van der Waals surface area contributed by atoms with Crippen LogP contribution in [0.4, 0.5) is 0 Å². The lowest BCUT2D eigenvalue weighted by Crippen LogP contribution is -2.26. The lowest BCUT2D eigenvalue weighted by atomic mass is 9.89. The molecule has 1 rings (SSSR count). The van der Waals surface area contributed by atoms with E-state index in [-0.39, 0.29) is 0 Å². The van der Waals surface area contributed by atoms with Crippen molar-refractivity contribution in [1.82, 2.24) is 0 Å². The molecule has 1 N–H and O–H groups in total. The van der Waals surface area contributed by atoms with Crippen molar-refractivity contribution >= 4 is 0 Å². The maximum absolute atomic E-state index is 9.97. The predicted molar refractivity (Wildman–Crippen MR) is 55.3 cm³/mol. The van der Waals surface area contributed by atoms with Crippen LogP contribution in [0, 0.1) is 12.3 Å². The van der Waals surface area contributed by atoms with E-state index in [0.29, 0.717) is 0 Å². The molecule has 1 aliphatic carbocycles. The predicted octanol–water partition coefficient (Wildman–Crippen LogP) is 2.88. The van der Waals surface area contributed by atoms with Crippen LogP contribution in [-0.4, -0.2) is 10.7 Å². The van der Waals surface area contributed by atoms with Crippen LogP contribution < -0.4 is 0 Å². The standard InChI is InChI=1S/C12H20O/c1-2-12(13)10-8-6-4-3-5-7-9-11-12/h1,13H,3-11H2. The first-order chi connectivity index (χ1) is 6.27. The maximum Gasteiger partial charge on any atom is 0.125 e. The summed E-state index contributed by atoms with van der Waals surface area (Å²) in [6.07, 6.45) is 15.5. The summed E-state index contributed by atoms with van der Waals surface area (Å²) in [6.45, 7) is 0. The van der Waals surface area contributed by atoms with E-state index in [0.717, 1.165) is 25.7 Å². The van der Waals surface area contributed by atoms with Crippen LogP contribution in [0.3, 0.4) is 0 Å². The lowest BCUT2D eigenvalue weighted by Gasteiger charge is -2.23. The summed E-state index contributed by atoms with van der Waals surface area (Å²) in [6, 6.07) is 0. The largest absolute Gasteiger partial charge is 0.378 e. The third-order valence-corrected chi connectivity index (χ3v) is 2.95. The molecular formula is C12H20O. The van der Waals surface area contributed by atoms with Gasteiger partial charge in [0.1, 0.15) is 5.60 Å². The Bertz CT molecular complexity index is 168. The molecule has 0 saturated heterocycles. The van der Waals surface area contributed by atoms with E-state index in [9.17, 15) is 5.11 Å². The summed E-state index contributed by atoms with van der Waals surface area (Å²) in [5, 5.41) is 9.97. The molecule has 0 spiro atoms. The fourth-order valence-corrected chi connectivity index (χ4v) is 1.99. The number of rotatable bonds is 0. The number of hydrogen-bond donors (Lipinski definition) is 1. The molecule has 0 aromatic rings. The van der Waals surface area contributed by atoms with Gasteiger partial charge in [-0.05, 0) is 25.7 Å². The number of hydrogen-bond acceptors (Lipinski definition) is 1. The fourth-order valence-electron chi connectivity index (χ4n) is 1.99. The molecule has 0 bridgehead atoms. The maximum atomic E-state index is 9.97. The molecule has 13 heavy (non-hydrogen) atoms. The summed E-state index contributed by atoms with van der Waals surface area (Å²) in [7, 11) is 0. The van der Waals surface area contributed by atoms with Crippen LogP contribution >= 0.6 is 0 Å². The summed E-state index contributed by atoms with van der Waals surface area (Å²) in [5.41, 5.74) is -0.794. The first kappa shape index (κ1) is 10.6. The van der Waals surface area contributed by atoms with E-state index in [1.807, 2.05) is 0 Å². The Hall–Kier alpha value is -0.480. The molecule has 0 aliphatic heterocycles. The molecule has 0 unspecified atom stereocenters. The van der Waals surface area contributed by atoms with E-state index in [4.69, 9.17) is 6.42 Å². The van der Waals surface area contributed by atoms with Gasteiger partial charge in [0.25, 0.3) is 0 Å².